The van der Waals surface area contributed by atoms with Crippen molar-refractivity contribution in [3.63, 3.8) is 0 Å². The fourth-order valence-electron chi connectivity index (χ4n) is 3.08. The summed E-state index contributed by atoms with van der Waals surface area (Å²) in [6.07, 6.45) is 5.54. The third kappa shape index (κ3) is 3.35. The van der Waals surface area contributed by atoms with Gasteiger partial charge in [-0.1, -0.05) is 6.42 Å². The predicted molar refractivity (Wildman–Crippen MR) is 62.6 cm³/mol. The molecule has 5 nitrogen and oxygen atoms in total. The minimum Gasteiger partial charge on any atom is -0.481 e. The largest absolute Gasteiger partial charge is 0.481 e. The number of amides is 2. The molecule has 2 bridgehead atoms. The van der Waals surface area contributed by atoms with Crippen LogP contribution in [0.2, 0.25) is 0 Å². The lowest BCUT2D eigenvalue weighted by Crippen LogP contribution is -2.44. The Morgan fingerprint density at radius 2 is 2.06 bits per heavy atom. The van der Waals surface area contributed by atoms with Crippen molar-refractivity contribution in [3.8, 4) is 0 Å². The molecule has 3 atom stereocenters. The van der Waals surface area contributed by atoms with Crippen molar-refractivity contribution in [2.45, 2.75) is 44.6 Å². The third-order valence-electron chi connectivity index (χ3n) is 3.91. The van der Waals surface area contributed by atoms with Crippen molar-refractivity contribution in [2.75, 3.05) is 6.54 Å². The number of nitrogens with one attached hydrogen (secondary N) is 2. The molecule has 2 rings (SSSR count). The highest BCUT2D eigenvalue weighted by atomic mass is 16.4. The number of rotatable bonds is 5. The Morgan fingerprint density at radius 3 is 2.65 bits per heavy atom. The number of carbonyl (C=O) groups excluding carboxylic acids is 1. The van der Waals surface area contributed by atoms with Gasteiger partial charge in [-0.05, 0) is 37.5 Å². The van der Waals surface area contributed by atoms with E-state index in [1.807, 2.05) is 0 Å². The van der Waals surface area contributed by atoms with Crippen LogP contribution >= 0.6 is 0 Å². The van der Waals surface area contributed by atoms with E-state index < -0.39 is 5.97 Å². The van der Waals surface area contributed by atoms with Crippen LogP contribution in [0, 0.1) is 11.8 Å². The van der Waals surface area contributed by atoms with Crippen molar-refractivity contribution in [1.29, 1.82) is 0 Å². The average Bonchev–Trinajstić information content (AvgIpc) is 2.86. The van der Waals surface area contributed by atoms with Crippen molar-refractivity contribution in [3.05, 3.63) is 0 Å². The van der Waals surface area contributed by atoms with Crippen LogP contribution in [0.5, 0.6) is 0 Å². The minimum absolute atomic E-state index is 0.106. The van der Waals surface area contributed by atoms with Gasteiger partial charge in [-0.2, -0.15) is 0 Å². The summed E-state index contributed by atoms with van der Waals surface area (Å²) in [7, 11) is 0. The molecule has 0 aromatic carbocycles. The first-order valence-electron chi connectivity index (χ1n) is 6.41. The molecule has 3 N–H and O–H groups in total. The third-order valence-corrected chi connectivity index (χ3v) is 3.91. The lowest BCUT2D eigenvalue weighted by Gasteiger charge is -2.22. The highest BCUT2D eigenvalue weighted by Crippen LogP contribution is 2.44. The van der Waals surface area contributed by atoms with E-state index in [9.17, 15) is 9.59 Å². The topological polar surface area (TPSA) is 78.4 Å². The number of hydrogen-bond acceptors (Lipinski definition) is 2. The Bertz CT molecular complexity index is 306. The molecular weight excluding hydrogens is 220 g/mol. The first kappa shape index (κ1) is 12.2. The Balaban J connectivity index is 1.59. The summed E-state index contributed by atoms with van der Waals surface area (Å²) in [5, 5.41) is 14.2. The van der Waals surface area contributed by atoms with Crippen LogP contribution in [-0.2, 0) is 4.79 Å². The van der Waals surface area contributed by atoms with Gasteiger partial charge in [0.05, 0.1) is 0 Å². The van der Waals surface area contributed by atoms with Crippen molar-refractivity contribution < 1.29 is 14.7 Å². The minimum atomic E-state index is -0.819. The second-order valence-electron chi connectivity index (χ2n) is 5.18. The lowest BCUT2D eigenvalue weighted by atomic mass is 9.95. The molecule has 2 fully saturated rings. The fourth-order valence-corrected chi connectivity index (χ4v) is 3.08. The molecule has 2 amide bonds. The van der Waals surface area contributed by atoms with Gasteiger partial charge >= 0.3 is 12.0 Å². The van der Waals surface area contributed by atoms with E-state index in [2.05, 4.69) is 10.6 Å². The van der Waals surface area contributed by atoms with Gasteiger partial charge in [0, 0.05) is 19.0 Å². The van der Waals surface area contributed by atoms with Gasteiger partial charge in [-0.25, -0.2) is 4.79 Å². The summed E-state index contributed by atoms with van der Waals surface area (Å²) in [5.74, 6) is 0.669. The molecule has 0 heterocycles. The van der Waals surface area contributed by atoms with E-state index in [1.165, 1.54) is 19.3 Å². The number of aliphatic carboxylic acids is 1. The molecule has 5 heteroatoms. The normalized spacial score (nSPS) is 30.2. The standard InChI is InChI=1S/C12H20N2O3/c15-11(16)2-1-5-13-12(17)14-10-7-8-3-4-9(10)6-8/h8-10H,1-7H2,(H,15,16)(H2,13,14,17). The van der Waals surface area contributed by atoms with Crippen LogP contribution in [0.4, 0.5) is 4.79 Å². The van der Waals surface area contributed by atoms with E-state index in [0.29, 0.717) is 24.9 Å². The first-order chi connectivity index (χ1) is 8.15. The van der Waals surface area contributed by atoms with Crippen molar-refractivity contribution in [1.82, 2.24) is 10.6 Å². The summed E-state index contributed by atoms with van der Waals surface area (Å²) in [6, 6.07) is 0.196. The van der Waals surface area contributed by atoms with Gasteiger partial charge in [0.25, 0.3) is 0 Å². The molecule has 3 unspecified atom stereocenters. The number of carboxylic acid groups (broad SMARTS) is 1. The van der Waals surface area contributed by atoms with Crippen LogP contribution < -0.4 is 10.6 Å². The molecule has 0 radical (unpaired) electrons. The molecule has 0 aromatic heterocycles. The van der Waals surface area contributed by atoms with E-state index >= 15 is 0 Å². The van der Waals surface area contributed by atoms with E-state index in [1.54, 1.807) is 0 Å². The zero-order chi connectivity index (χ0) is 12.3. The number of carbonyl (C=O) groups is 2. The summed E-state index contributed by atoms with van der Waals surface area (Å²) < 4.78 is 0. The SMILES string of the molecule is O=C(O)CCCNC(=O)NC1CC2CCC1C2. The maximum Gasteiger partial charge on any atom is 0.315 e. The molecule has 0 aromatic rings. The van der Waals surface area contributed by atoms with Crippen molar-refractivity contribution >= 4 is 12.0 Å². The summed E-state index contributed by atoms with van der Waals surface area (Å²) >= 11 is 0. The molecule has 0 aliphatic heterocycles. The second-order valence-corrected chi connectivity index (χ2v) is 5.18. The van der Waals surface area contributed by atoms with Crippen LogP contribution in [0.3, 0.4) is 0 Å². The number of hydrogen-bond donors (Lipinski definition) is 3. The summed E-state index contributed by atoms with van der Waals surface area (Å²) in [4.78, 5) is 21.8. The van der Waals surface area contributed by atoms with Gasteiger partial charge in [0.1, 0.15) is 0 Å². The molecule has 2 aliphatic rings. The monoisotopic (exact) mass is 240 g/mol. The van der Waals surface area contributed by atoms with Crippen LogP contribution in [-0.4, -0.2) is 29.7 Å². The first-order valence-corrected chi connectivity index (χ1v) is 6.41. The van der Waals surface area contributed by atoms with Gasteiger partial charge in [-0.15, -0.1) is 0 Å². The Labute approximate surface area is 101 Å². The lowest BCUT2D eigenvalue weighted by molar-refractivity contribution is -0.137. The second kappa shape index (κ2) is 5.38. The highest BCUT2D eigenvalue weighted by Gasteiger charge is 2.39. The fraction of sp³-hybridized carbons (Fsp3) is 0.833. The molecule has 0 saturated heterocycles. The maximum absolute atomic E-state index is 11.6. The van der Waals surface area contributed by atoms with Gasteiger partial charge in [0.15, 0.2) is 0 Å². The maximum atomic E-state index is 11.6. The van der Waals surface area contributed by atoms with Crippen LogP contribution in [0.15, 0.2) is 0 Å². The molecule has 2 saturated carbocycles. The van der Waals surface area contributed by atoms with Crippen LogP contribution in [0.1, 0.15) is 38.5 Å². The number of urea groups is 1. The summed E-state index contributed by atoms with van der Waals surface area (Å²) in [5.41, 5.74) is 0. The molecule has 17 heavy (non-hydrogen) atoms. The quantitative estimate of drug-likeness (QED) is 0.634. The van der Waals surface area contributed by atoms with Crippen LogP contribution in [0.25, 0.3) is 0 Å². The summed E-state index contributed by atoms with van der Waals surface area (Å²) in [6.45, 7) is 0.430. The zero-order valence-corrected chi connectivity index (χ0v) is 9.95. The van der Waals surface area contributed by atoms with E-state index in [0.717, 1.165) is 12.3 Å². The number of carboxylic acids is 1. The van der Waals surface area contributed by atoms with Gasteiger partial charge in [-0.3, -0.25) is 4.79 Å². The number of fused-ring (bicyclic) bond motifs is 2. The highest BCUT2D eigenvalue weighted by molar-refractivity contribution is 5.74. The molecule has 96 valence electrons. The Hall–Kier alpha value is -1.26. The zero-order valence-electron chi connectivity index (χ0n) is 9.95. The Kier molecular flexibility index (Phi) is 3.86. The predicted octanol–water partition coefficient (Wildman–Crippen LogP) is 1.34. The van der Waals surface area contributed by atoms with E-state index in [4.69, 9.17) is 5.11 Å². The molecule has 0 spiro atoms. The molecular formula is C12H20N2O3. The van der Waals surface area contributed by atoms with Crippen molar-refractivity contribution in [2.24, 2.45) is 11.8 Å². The van der Waals surface area contributed by atoms with Gasteiger partial charge in [0.2, 0.25) is 0 Å². The van der Waals surface area contributed by atoms with E-state index in [-0.39, 0.29) is 12.5 Å². The Morgan fingerprint density at radius 1 is 1.24 bits per heavy atom. The molecule has 2 aliphatic carbocycles. The smallest absolute Gasteiger partial charge is 0.315 e. The average molecular weight is 240 g/mol. The van der Waals surface area contributed by atoms with Gasteiger partial charge < -0.3 is 15.7 Å².